The first-order valence-electron chi connectivity index (χ1n) is 4.70. The number of carboxylic acid groups (broad SMARTS) is 1. The Morgan fingerprint density at radius 2 is 2.21 bits per heavy atom. The molecule has 0 spiro atoms. The molecule has 1 heterocycles. The molecule has 5 nitrogen and oxygen atoms in total. The summed E-state index contributed by atoms with van der Waals surface area (Å²) in [5.74, 6) is -1.03. The van der Waals surface area contributed by atoms with Crippen molar-refractivity contribution >= 4 is 11.9 Å². The molecule has 1 fully saturated rings. The van der Waals surface area contributed by atoms with Crippen molar-refractivity contribution < 1.29 is 19.4 Å². The molecule has 1 aliphatic rings. The Hall–Kier alpha value is -1.10. The Balaban J connectivity index is 2.38. The van der Waals surface area contributed by atoms with Crippen molar-refractivity contribution in [3.05, 3.63) is 0 Å². The quantitative estimate of drug-likeness (QED) is 0.703. The van der Waals surface area contributed by atoms with Gasteiger partial charge in [-0.1, -0.05) is 0 Å². The molecule has 14 heavy (non-hydrogen) atoms. The standard InChI is InChI=1S/C9H15NO4/c1-7-6-14-5-4-10(7)8(11)2-3-9(12)13/h7H,2-6H2,1H3,(H,12,13)/t7-/m1/s1. The number of nitrogens with zero attached hydrogens (tertiary/aromatic N) is 1. The fraction of sp³-hybridized carbons (Fsp3) is 0.778. The molecule has 1 aliphatic heterocycles. The normalized spacial score (nSPS) is 22.1. The van der Waals surface area contributed by atoms with E-state index >= 15 is 0 Å². The minimum absolute atomic E-state index is 0.0602. The SMILES string of the molecule is C[C@@H]1COCCN1C(=O)CCC(=O)O. The molecule has 1 atom stereocenters. The number of ether oxygens (including phenoxy) is 1. The molecule has 0 aliphatic carbocycles. The third kappa shape index (κ3) is 2.99. The van der Waals surface area contributed by atoms with Gasteiger partial charge in [-0.15, -0.1) is 0 Å². The van der Waals surface area contributed by atoms with Crippen LogP contribution in [0.5, 0.6) is 0 Å². The molecule has 80 valence electrons. The van der Waals surface area contributed by atoms with Gasteiger partial charge in [-0.2, -0.15) is 0 Å². The van der Waals surface area contributed by atoms with Crippen LogP contribution < -0.4 is 0 Å². The molecule has 0 saturated carbocycles. The second kappa shape index (κ2) is 4.95. The third-order valence-electron chi connectivity index (χ3n) is 2.24. The Labute approximate surface area is 82.6 Å². The van der Waals surface area contributed by atoms with Gasteiger partial charge < -0.3 is 14.7 Å². The smallest absolute Gasteiger partial charge is 0.303 e. The Bertz CT molecular complexity index is 229. The van der Waals surface area contributed by atoms with E-state index in [4.69, 9.17) is 9.84 Å². The molecule has 0 radical (unpaired) electrons. The molecule has 0 aromatic carbocycles. The van der Waals surface area contributed by atoms with Crippen LogP contribution in [-0.2, 0) is 14.3 Å². The average Bonchev–Trinajstić information content (AvgIpc) is 2.15. The fourth-order valence-corrected chi connectivity index (χ4v) is 1.46. The fourth-order valence-electron chi connectivity index (χ4n) is 1.46. The summed E-state index contributed by atoms with van der Waals surface area (Å²) in [5.41, 5.74) is 0. The highest BCUT2D eigenvalue weighted by Crippen LogP contribution is 2.08. The van der Waals surface area contributed by atoms with Crippen LogP contribution in [0, 0.1) is 0 Å². The Morgan fingerprint density at radius 1 is 1.50 bits per heavy atom. The van der Waals surface area contributed by atoms with Crippen molar-refractivity contribution in [1.82, 2.24) is 4.90 Å². The van der Waals surface area contributed by atoms with E-state index < -0.39 is 5.97 Å². The summed E-state index contributed by atoms with van der Waals surface area (Å²) < 4.78 is 5.18. The molecule has 0 unspecified atom stereocenters. The summed E-state index contributed by atoms with van der Waals surface area (Å²) in [6.07, 6.45) is -0.0113. The number of hydrogen-bond donors (Lipinski definition) is 1. The van der Waals surface area contributed by atoms with Gasteiger partial charge in [-0.3, -0.25) is 9.59 Å². The van der Waals surface area contributed by atoms with Gasteiger partial charge in [0.1, 0.15) is 0 Å². The lowest BCUT2D eigenvalue weighted by atomic mass is 10.2. The van der Waals surface area contributed by atoms with Crippen LogP contribution in [0.1, 0.15) is 19.8 Å². The van der Waals surface area contributed by atoms with Crippen LogP contribution in [0.3, 0.4) is 0 Å². The van der Waals surface area contributed by atoms with E-state index in [0.29, 0.717) is 19.8 Å². The maximum Gasteiger partial charge on any atom is 0.303 e. The van der Waals surface area contributed by atoms with E-state index in [1.807, 2.05) is 6.92 Å². The zero-order valence-corrected chi connectivity index (χ0v) is 8.23. The summed E-state index contributed by atoms with van der Waals surface area (Å²) in [6.45, 7) is 3.55. The van der Waals surface area contributed by atoms with Crippen molar-refractivity contribution in [2.75, 3.05) is 19.8 Å². The molecule has 0 aromatic rings. The Kier molecular flexibility index (Phi) is 3.88. The van der Waals surface area contributed by atoms with Gasteiger partial charge >= 0.3 is 5.97 Å². The summed E-state index contributed by atoms with van der Waals surface area (Å²) in [4.78, 5) is 23.5. The molecule has 1 N–H and O–H groups in total. The maximum atomic E-state index is 11.5. The van der Waals surface area contributed by atoms with E-state index in [1.165, 1.54) is 0 Å². The van der Waals surface area contributed by atoms with Gasteiger partial charge in [0.15, 0.2) is 0 Å². The molecule has 5 heteroatoms. The highest BCUT2D eigenvalue weighted by molar-refractivity contribution is 5.81. The summed E-state index contributed by atoms with van der Waals surface area (Å²) in [5, 5.41) is 8.43. The van der Waals surface area contributed by atoms with E-state index in [2.05, 4.69) is 0 Å². The van der Waals surface area contributed by atoms with Gasteiger partial charge in [0.2, 0.25) is 5.91 Å². The van der Waals surface area contributed by atoms with Crippen LogP contribution in [0.4, 0.5) is 0 Å². The first-order chi connectivity index (χ1) is 6.61. The zero-order chi connectivity index (χ0) is 10.6. The van der Waals surface area contributed by atoms with Gasteiger partial charge in [-0.25, -0.2) is 0 Å². The number of carboxylic acids is 1. The number of amides is 1. The van der Waals surface area contributed by atoms with Crippen LogP contribution in [0.25, 0.3) is 0 Å². The van der Waals surface area contributed by atoms with Crippen LogP contribution in [0.15, 0.2) is 0 Å². The van der Waals surface area contributed by atoms with E-state index in [1.54, 1.807) is 4.90 Å². The van der Waals surface area contributed by atoms with Gasteiger partial charge in [-0.05, 0) is 6.92 Å². The number of rotatable bonds is 3. The van der Waals surface area contributed by atoms with E-state index in [-0.39, 0.29) is 24.8 Å². The summed E-state index contributed by atoms with van der Waals surface area (Å²) in [6, 6.07) is 0.0602. The molecule has 1 saturated heterocycles. The maximum absolute atomic E-state index is 11.5. The van der Waals surface area contributed by atoms with Crippen molar-refractivity contribution in [1.29, 1.82) is 0 Å². The van der Waals surface area contributed by atoms with Gasteiger partial charge in [0, 0.05) is 13.0 Å². The van der Waals surface area contributed by atoms with Crippen LogP contribution in [-0.4, -0.2) is 47.7 Å². The minimum atomic E-state index is -0.931. The number of carbonyl (C=O) groups excluding carboxylic acids is 1. The lowest BCUT2D eigenvalue weighted by Gasteiger charge is -2.33. The molecule has 1 amide bonds. The van der Waals surface area contributed by atoms with Crippen molar-refractivity contribution in [3.8, 4) is 0 Å². The molecular weight excluding hydrogens is 186 g/mol. The number of morpholine rings is 1. The van der Waals surface area contributed by atoms with Crippen LogP contribution in [0.2, 0.25) is 0 Å². The summed E-state index contributed by atoms with van der Waals surface area (Å²) >= 11 is 0. The highest BCUT2D eigenvalue weighted by atomic mass is 16.5. The average molecular weight is 201 g/mol. The molecule has 1 rings (SSSR count). The van der Waals surface area contributed by atoms with E-state index in [9.17, 15) is 9.59 Å². The second-order valence-electron chi connectivity index (χ2n) is 3.40. The minimum Gasteiger partial charge on any atom is -0.481 e. The largest absolute Gasteiger partial charge is 0.481 e. The zero-order valence-electron chi connectivity index (χ0n) is 8.23. The van der Waals surface area contributed by atoms with Gasteiger partial charge in [0.25, 0.3) is 0 Å². The molecular formula is C9H15NO4. The lowest BCUT2D eigenvalue weighted by Crippen LogP contribution is -2.47. The second-order valence-corrected chi connectivity index (χ2v) is 3.40. The first-order valence-corrected chi connectivity index (χ1v) is 4.70. The van der Waals surface area contributed by atoms with E-state index in [0.717, 1.165) is 0 Å². The predicted molar refractivity (Wildman–Crippen MR) is 48.9 cm³/mol. The van der Waals surface area contributed by atoms with Crippen LogP contribution >= 0.6 is 0 Å². The van der Waals surface area contributed by atoms with Crippen molar-refractivity contribution in [2.24, 2.45) is 0 Å². The Morgan fingerprint density at radius 3 is 2.79 bits per heavy atom. The number of hydrogen-bond acceptors (Lipinski definition) is 3. The lowest BCUT2D eigenvalue weighted by molar-refractivity contribution is -0.144. The number of carbonyl (C=O) groups is 2. The van der Waals surface area contributed by atoms with Crippen molar-refractivity contribution in [3.63, 3.8) is 0 Å². The molecule has 0 aromatic heterocycles. The summed E-state index contributed by atoms with van der Waals surface area (Å²) in [7, 11) is 0. The molecule has 0 bridgehead atoms. The predicted octanol–water partition coefficient (Wildman–Crippen LogP) is 0.0985. The first kappa shape index (κ1) is 11.0. The van der Waals surface area contributed by atoms with Gasteiger partial charge in [0.05, 0.1) is 25.7 Å². The monoisotopic (exact) mass is 201 g/mol. The topological polar surface area (TPSA) is 66.8 Å². The number of aliphatic carboxylic acids is 1. The highest BCUT2D eigenvalue weighted by Gasteiger charge is 2.23. The van der Waals surface area contributed by atoms with Crippen molar-refractivity contribution in [2.45, 2.75) is 25.8 Å². The third-order valence-corrected chi connectivity index (χ3v) is 2.24.